The Kier molecular flexibility index (Phi) is 5.97. The first kappa shape index (κ1) is 20.8. The van der Waals surface area contributed by atoms with Crippen molar-refractivity contribution in [3.05, 3.63) is 48.0 Å². The molecule has 2 aliphatic heterocycles. The van der Waals surface area contributed by atoms with Gasteiger partial charge in [-0.05, 0) is 73.6 Å². The largest absolute Gasteiger partial charge is 0.497 e. The van der Waals surface area contributed by atoms with Gasteiger partial charge in [-0.15, -0.1) is 0 Å². The predicted octanol–water partition coefficient (Wildman–Crippen LogP) is 3.89. The molecular formula is C25H31N3O4. The van der Waals surface area contributed by atoms with E-state index in [2.05, 4.69) is 27.7 Å². The highest BCUT2D eigenvalue weighted by Gasteiger charge is 2.34. The zero-order valence-electron chi connectivity index (χ0n) is 18.5. The summed E-state index contributed by atoms with van der Waals surface area (Å²) >= 11 is 0. The normalized spacial score (nSPS) is 19.2. The van der Waals surface area contributed by atoms with Crippen molar-refractivity contribution in [1.29, 1.82) is 0 Å². The Morgan fingerprint density at radius 3 is 2.41 bits per heavy atom. The number of nitrogens with zero attached hydrogens (tertiary/aromatic N) is 1. The Hall–Kier alpha value is -3.09. The third kappa shape index (κ3) is 4.71. The van der Waals surface area contributed by atoms with Gasteiger partial charge >= 0.3 is 6.03 Å². The molecule has 0 bridgehead atoms. The number of ether oxygens (including phenoxy) is 3. The summed E-state index contributed by atoms with van der Waals surface area (Å²) in [7, 11) is 1.68. The Morgan fingerprint density at radius 2 is 1.72 bits per heavy atom. The molecule has 170 valence electrons. The topological polar surface area (TPSA) is 72.1 Å². The molecule has 1 atom stereocenters. The molecule has 2 aromatic rings. The SMILES string of the molecule is COc1ccc(N2CCC(NC(=O)NC(c3ccc4c(c3)OCCO4)C3CC3)CC2)cc1. The Labute approximate surface area is 189 Å². The van der Waals surface area contributed by atoms with Crippen LogP contribution in [0.4, 0.5) is 10.5 Å². The first-order valence-corrected chi connectivity index (χ1v) is 11.5. The number of piperidine rings is 1. The quantitative estimate of drug-likeness (QED) is 0.718. The van der Waals surface area contributed by atoms with Crippen LogP contribution in [0.2, 0.25) is 0 Å². The minimum Gasteiger partial charge on any atom is -0.497 e. The first-order chi connectivity index (χ1) is 15.7. The zero-order valence-corrected chi connectivity index (χ0v) is 18.5. The molecule has 2 heterocycles. The molecule has 2 fully saturated rings. The lowest BCUT2D eigenvalue weighted by Crippen LogP contribution is -2.48. The molecule has 0 aromatic heterocycles. The van der Waals surface area contributed by atoms with Crippen LogP contribution in [0.1, 0.15) is 37.3 Å². The lowest BCUT2D eigenvalue weighted by Gasteiger charge is -2.34. The molecule has 1 aliphatic carbocycles. The maximum Gasteiger partial charge on any atom is 0.315 e. The number of carbonyl (C=O) groups is 1. The third-order valence-electron chi connectivity index (χ3n) is 6.57. The number of fused-ring (bicyclic) bond motifs is 1. The summed E-state index contributed by atoms with van der Waals surface area (Å²) in [4.78, 5) is 15.2. The van der Waals surface area contributed by atoms with E-state index in [0.717, 1.165) is 61.6 Å². The van der Waals surface area contributed by atoms with Crippen molar-refractivity contribution in [2.75, 3.05) is 38.3 Å². The summed E-state index contributed by atoms with van der Waals surface area (Å²) in [6.07, 6.45) is 4.13. The van der Waals surface area contributed by atoms with Gasteiger partial charge in [0.2, 0.25) is 0 Å². The molecule has 1 saturated heterocycles. The summed E-state index contributed by atoms with van der Waals surface area (Å²) < 4.78 is 16.6. The average Bonchev–Trinajstić information content (AvgIpc) is 3.68. The highest BCUT2D eigenvalue weighted by atomic mass is 16.6. The number of hydrogen-bond donors (Lipinski definition) is 2. The molecule has 5 rings (SSSR count). The maximum absolute atomic E-state index is 12.8. The van der Waals surface area contributed by atoms with Gasteiger partial charge < -0.3 is 29.7 Å². The fourth-order valence-corrected chi connectivity index (χ4v) is 4.60. The summed E-state index contributed by atoms with van der Waals surface area (Å²) in [6.45, 7) is 2.99. The third-order valence-corrected chi connectivity index (χ3v) is 6.57. The molecule has 3 aliphatic rings. The summed E-state index contributed by atoms with van der Waals surface area (Å²) in [5.74, 6) is 2.90. The number of carbonyl (C=O) groups excluding carboxylic acids is 1. The van der Waals surface area contributed by atoms with Crippen molar-refractivity contribution in [1.82, 2.24) is 10.6 Å². The van der Waals surface area contributed by atoms with Crippen LogP contribution in [0.5, 0.6) is 17.2 Å². The van der Waals surface area contributed by atoms with Gasteiger partial charge in [0.1, 0.15) is 19.0 Å². The van der Waals surface area contributed by atoms with E-state index in [1.54, 1.807) is 7.11 Å². The minimum absolute atomic E-state index is 0.00483. The molecular weight excluding hydrogens is 406 g/mol. The van der Waals surface area contributed by atoms with E-state index in [1.165, 1.54) is 5.69 Å². The molecule has 7 nitrogen and oxygen atoms in total. The van der Waals surface area contributed by atoms with Gasteiger partial charge in [0.15, 0.2) is 11.5 Å². The highest BCUT2D eigenvalue weighted by Crippen LogP contribution is 2.43. The van der Waals surface area contributed by atoms with E-state index in [1.807, 2.05) is 30.3 Å². The number of methoxy groups -OCH3 is 1. The first-order valence-electron chi connectivity index (χ1n) is 11.5. The molecule has 32 heavy (non-hydrogen) atoms. The Bertz CT molecular complexity index is 937. The second-order valence-corrected chi connectivity index (χ2v) is 8.80. The van der Waals surface area contributed by atoms with Gasteiger partial charge in [-0.1, -0.05) is 6.07 Å². The van der Waals surface area contributed by atoms with Gasteiger partial charge in [-0.3, -0.25) is 0 Å². The standard InChI is InChI=1S/C25H31N3O4/c1-30-21-7-5-20(6-8-21)28-12-10-19(11-13-28)26-25(29)27-24(17-2-3-17)18-4-9-22-23(16-18)32-15-14-31-22/h4-9,16-17,19,24H,2-3,10-15H2,1H3,(H2,26,27,29). The Balaban J connectivity index is 1.15. The van der Waals surface area contributed by atoms with Crippen molar-refractivity contribution < 1.29 is 19.0 Å². The molecule has 7 heteroatoms. The monoisotopic (exact) mass is 437 g/mol. The number of anilines is 1. The maximum atomic E-state index is 12.8. The molecule has 2 N–H and O–H groups in total. The van der Waals surface area contributed by atoms with Gasteiger partial charge in [-0.2, -0.15) is 0 Å². The lowest BCUT2D eigenvalue weighted by atomic mass is 10.0. The van der Waals surface area contributed by atoms with Crippen molar-refractivity contribution in [3.8, 4) is 17.2 Å². The van der Waals surface area contributed by atoms with Crippen LogP contribution in [0.3, 0.4) is 0 Å². The van der Waals surface area contributed by atoms with Gasteiger partial charge in [0.05, 0.1) is 13.2 Å². The van der Waals surface area contributed by atoms with Gasteiger partial charge in [0.25, 0.3) is 0 Å². The van der Waals surface area contributed by atoms with E-state index in [-0.39, 0.29) is 18.1 Å². The number of hydrogen-bond acceptors (Lipinski definition) is 5. The smallest absolute Gasteiger partial charge is 0.315 e. The van der Waals surface area contributed by atoms with E-state index in [4.69, 9.17) is 14.2 Å². The van der Waals surface area contributed by atoms with Crippen molar-refractivity contribution >= 4 is 11.7 Å². The molecule has 2 amide bonds. The Morgan fingerprint density at radius 1 is 1.00 bits per heavy atom. The summed E-state index contributed by atoms with van der Waals surface area (Å²) in [5.41, 5.74) is 2.28. The van der Waals surface area contributed by atoms with E-state index >= 15 is 0 Å². The second kappa shape index (κ2) is 9.18. The molecule has 1 unspecified atom stereocenters. The molecule has 0 spiro atoms. The van der Waals surface area contributed by atoms with Crippen LogP contribution in [-0.2, 0) is 0 Å². The number of rotatable bonds is 6. The van der Waals surface area contributed by atoms with Crippen LogP contribution in [-0.4, -0.2) is 45.5 Å². The van der Waals surface area contributed by atoms with Gasteiger partial charge in [-0.25, -0.2) is 4.79 Å². The molecule has 0 radical (unpaired) electrons. The van der Waals surface area contributed by atoms with Crippen LogP contribution < -0.4 is 29.7 Å². The van der Waals surface area contributed by atoms with Crippen LogP contribution in [0.25, 0.3) is 0 Å². The lowest BCUT2D eigenvalue weighted by molar-refractivity contribution is 0.171. The zero-order chi connectivity index (χ0) is 21.9. The molecule has 2 aromatic carbocycles. The fourth-order valence-electron chi connectivity index (χ4n) is 4.60. The highest BCUT2D eigenvalue weighted by molar-refractivity contribution is 5.75. The predicted molar refractivity (Wildman–Crippen MR) is 123 cm³/mol. The van der Waals surface area contributed by atoms with E-state index < -0.39 is 0 Å². The van der Waals surface area contributed by atoms with Gasteiger partial charge in [0, 0.05) is 24.8 Å². The second-order valence-electron chi connectivity index (χ2n) is 8.80. The minimum atomic E-state index is -0.0836. The summed E-state index contributed by atoms with van der Waals surface area (Å²) in [5, 5.41) is 6.43. The van der Waals surface area contributed by atoms with Crippen molar-refractivity contribution in [2.45, 2.75) is 37.8 Å². The van der Waals surface area contributed by atoms with Crippen LogP contribution in [0.15, 0.2) is 42.5 Å². The van der Waals surface area contributed by atoms with Crippen LogP contribution in [0, 0.1) is 5.92 Å². The fraction of sp³-hybridized carbons (Fsp3) is 0.480. The summed E-state index contributed by atoms with van der Waals surface area (Å²) in [6, 6.07) is 14.3. The van der Waals surface area contributed by atoms with Crippen molar-refractivity contribution in [3.63, 3.8) is 0 Å². The average molecular weight is 438 g/mol. The van der Waals surface area contributed by atoms with Crippen molar-refractivity contribution in [2.24, 2.45) is 5.92 Å². The molecule has 1 saturated carbocycles. The van der Waals surface area contributed by atoms with E-state index in [9.17, 15) is 4.79 Å². The number of benzene rings is 2. The number of amides is 2. The number of nitrogens with one attached hydrogen (secondary N) is 2. The van der Waals surface area contributed by atoms with E-state index in [0.29, 0.717) is 19.1 Å². The van der Waals surface area contributed by atoms with Crippen LogP contribution >= 0.6 is 0 Å². The number of urea groups is 1.